The molecule has 0 fully saturated rings. The number of esters is 1. The van der Waals surface area contributed by atoms with Crippen LogP contribution in [0.5, 0.6) is 0 Å². The highest BCUT2D eigenvalue weighted by Gasteiger charge is 2.11. The number of carbonyl (C=O) groups is 1. The molecule has 0 aliphatic heterocycles. The lowest BCUT2D eigenvalue weighted by molar-refractivity contribution is 0.0496. The summed E-state index contributed by atoms with van der Waals surface area (Å²) in [4.78, 5) is 12.0. The molecule has 1 aromatic rings. The number of unbranched alkanes of at least 4 members (excludes halogenated alkanes) is 8. The van der Waals surface area contributed by atoms with Gasteiger partial charge in [-0.05, 0) is 47.0 Å². The third kappa shape index (κ3) is 9.48. The van der Waals surface area contributed by atoms with Crippen molar-refractivity contribution >= 4 is 37.8 Å². The fraction of sp³-hybridized carbons (Fsp3) is 0.611. The molecule has 0 aliphatic rings. The van der Waals surface area contributed by atoms with Gasteiger partial charge in [0.25, 0.3) is 0 Å². The summed E-state index contributed by atoms with van der Waals surface area (Å²) in [6.45, 7) is 0.795. The first-order valence-electron chi connectivity index (χ1n) is 8.38. The second-order valence-corrected chi connectivity index (χ2v) is 7.44. The van der Waals surface area contributed by atoms with Crippen molar-refractivity contribution in [1.29, 1.82) is 0 Å². The molecule has 23 heavy (non-hydrogen) atoms. The highest BCUT2D eigenvalue weighted by molar-refractivity contribution is 9.11. The van der Waals surface area contributed by atoms with E-state index in [1.165, 1.54) is 32.1 Å². The van der Waals surface area contributed by atoms with Crippen molar-refractivity contribution in [1.82, 2.24) is 0 Å². The molecule has 0 aromatic heterocycles. The maximum atomic E-state index is 12.0. The lowest BCUT2D eigenvalue weighted by atomic mass is 10.1. The molecule has 5 heteroatoms. The van der Waals surface area contributed by atoms with Crippen LogP contribution in [0.1, 0.15) is 68.1 Å². The second kappa shape index (κ2) is 13.0. The summed E-state index contributed by atoms with van der Waals surface area (Å²) in [5, 5.41) is 8.69. The van der Waals surface area contributed by atoms with Gasteiger partial charge in [0.1, 0.15) is 0 Å². The van der Waals surface area contributed by atoms with E-state index in [1.54, 1.807) is 6.07 Å². The Kier molecular flexibility index (Phi) is 11.6. The van der Waals surface area contributed by atoms with E-state index >= 15 is 0 Å². The average Bonchev–Trinajstić information content (AvgIpc) is 2.54. The first kappa shape index (κ1) is 20.7. The van der Waals surface area contributed by atoms with Crippen molar-refractivity contribution in [3.63, 3.8) is 0 Å². The quantitative estimate of drug-likeness (QED) is 0.320. The Morgan fingerprint density at radius 2 is 1.48 bits per heavy atom. The van der Waals surface area contributed by atoms with Gasteiger partial charge in [0.2, 0.25) is 0 Å². The van der Waals surface area contributed by atoms with E-state index in [1.807, 2.05) is 12.1 Å². The van der Waals surface area contributed by atoms with Crippen LogP contribution >= 0.6 is 31.9 Å². The molecule has 130 valence electrons. The molecule has 0 bridgehead atoms. The van der Waals surface area contributed by atoms with Gasteiger partial charge in [-0.1, -0.05) is 60.9 Å². The number of benzene rings is 1. The third-order valence-electron chi connectivity index (χ3n) is 3.68. The van der Waals surface area contributed by atoms with E-state index < -0.39 is 0 Å². The van der Waals surface area contributed by atoms with Gasteiger partial charge in [0.05, 0.1) is 12.2 Å². The van der Waals surface area contributed by atoms with E-state index in [9.17, 15) is 4.79 Å². The van der Waals surface area contributed by atoms with Crippen molar-refractivity contribution < 1.29 is 14.6 Å². The number of aliphatic hydroxyl groups excluding tert-OH is 1. The zero-order valence-electron chi connectivity index (χ0n) is 13.5. The summed E-state index contributed by atoms with van der Waals surface area (Å²) in [6, 6.07) is 5.48. The monoisotopic (exact) mass is 448 g/mol. The molecule has 1 rings (SSSR count). The van der Waals surface area contributed by atoms with Crippen LogP contribution in [0.15, 0.2) is 27.1 Å². The molecule has 0 atom stereocenters. The van der Waals surface area contributed by atoms with E-state index in [0.717, 1.165) is 34.6 Å². The number of carbonyl (C=O) groups excluding carboxylic acids is 1. The van der Waals surface area contributed by atoms with Gasteiger partial charge in [-0.25, -0.2) is 4.79 Å². The Morgan fingerprint density at radius 1 is 0.913 bits per heavy atom. The topological polar surface area (TPSA) is 46.5 Å². The number of rotatable bonds is 12. The highest BCUT2D eigenvalue weighted by atomic mass is 79.9. The number of halogens is 2. The van der Waals surface area contributed by atoms with Gasteiger partial charge >= 0.3 is 5.97 Å². The molecule has 0 spiro atoms. The SMILES string of the molecule is O=C(OCCCCCCCCCCCO)c1cc(Br)ccc1Br. The zero-order valence-corrected chi connectivity index (χ0v) is 16.7. The summed E-state index contributed by atoms with van der Waals surface area (Å²) in [5.41, 5.74) is 0.558. The molecule has 3 nitrogen and oxygen atoms in total. The first-order chi connectivity index (χ1) is 11.1. The Balaban J connectivity index is 2.02. The molecular formula is C18H26Br2O3. The molecule has 0 amide bonds. The second-order valence-electron chi connectivity index (χ2n) is 5.67. The molecule has 0 radical (unpaired) electrons. The molecule has 1 aromatic carbocycles. The van der Waals surface area contributed by atoms with Crippen LogP contribution in [-0.4, -0.2) is 24.3 Å². The van der Waals surface area contributed by atoms with Gasteiger partial charge in [-0.3, -0.25) is 0 Å². The van der Waals surface area contributed by atoms with E-state index in [0.29, 0.717) is 18.8 Å². The fourth-order valence-electron chi connectivity index (χ4n) is 2.35. The predicted octanol–water partition coefficient (Wildman–Crippen LogP) is 5.87. The van der Waals surface area contributed by atoms with Crippen molar-refractivity contribution in [3.05, 3.63) is 32.7 Å². The Labute approximate surface area is 156 Å². The number of ether oxygens (including phenoxy) is 1. The predicted molar refractivity (Wildman–Crippen MR) is 101 cm³/mol. The lowest BCUT2D eigenvalue weighted by Crippen LogP contribution is -2.07. The molecular weight excluding hydrogens is 424 g/mol. The van der Waals surface area contributed by atoms with Crippen LogP contribution in [-0.2, 0) is 4.74 Å². The molecule has 0 heterocycles. The molecule has 0 saturated carbocycles. The van der Waals surface area contributed by atoms with Crippen LogP contribution in [0.4, 0.5) is 0 Å². The number of aliphatic hydroxyl groups is 1. The van der Waals surface area contributed by atoms with Crippen LogP contribution in [0.25, 0.3) is 0 Å². The van der Waals surface area contributed by atoms with Crippen LogP contribution in [0.3, 0.4) is 0 Å². The lowest BCUT2D eigenvalue weighted by Gasteiger charge is -2.07. The minimum Gasteiger partial charge on any atom is -0.462 e. The van der Waals surface area contributed by atoms with Gasteiger partial charge in [0.15, 0.2) is 0 Å². The van der Waals surface area contributed by atoms with Gasteiger partial charge < -0.3 is 9.84 Å². The smallest absolute Gasteiger partial charge is 0.339 e. The third-order valence-corrected chi connectivity index (χ3v) is 4.87. The van der Waals surface area contributed by atoms with Crippen LogP contribution < -0.4 is 0 Å². The van der Waals surface area contributed by atoms with Crippen molar-refractivity contribution in [3.8, 4) is 0 Å². The maximum Gasteiger partial charge on any atom is 0.339 e. The Hall–Kier alpha value is -0.390. The fourth-order valence-corrected chi connectivity index (χ4v) is 3.12. The Bertz CT molecular complexity index is 464. The normalized spacial score (nSPS) is 10.7. The molecule has 1 N–H and O–H groups in total. The highest BCUT2D eigenvalue weighted by Crippen LogP contribution is 2.22. The number of hydrogen-bond acceptors (Lipinski definition) is 3. The largest absolute Gasteiger partial charge is 0.462 e. The standard InChI is InChI=1S/C18H26Br2O3/c19-15-10-11-17(20)16(14-15)18(22)23-13-9-7-5-3-1-2-4-6-8-12-21/h10-11,14,21H,1-9,12-13H2. The summed E-state index contributed by atoms with van der Waals surface area (Å²) >= 11 is 6.73. The van der Waals surface area contributed by atoms with E-state index in [2.05, 4.69) is 31.9 Å². The first-order valence-corrected chi connectivity index (χ1v) is 9.97. The van der Waals surface area contributed by atoms with Crippen LogP contribution in [0.2, 0.25) is 0 Å². The minimum atomic E-state index is -0.276. The molecule has 0 unspecified atom stereocenters. The maximum absolute atomic E-state index is 12.0. The van der Waals surface area contributed by atoms with Crippen molar-refractivity contribution in [2.24, 2.45) is 0 Å². The average molecular weight is 450 g/mol. The summed E-state index contributed by atoms with van der Waals surface area (Å²) in [6.07, 6.45) is 10.3. The van der Waals surface area contributed by atoms with Crippen molar-refractivity contribution in [2.45, 2.75) is 57.8 Å². The van der Waals surface area contributed by atoms with Crippen molar-refractivity contribution in [2.75, 3.05) is 13.2 Å². The van der Waals surface area contributed by atoms with Gasteiger partial charge in [0, 0.05) is 15.6 Å². The Morgan fingerprint density at radius 3 is 2.09 bits per heavy atom. The zero-order chi connectivity index (χ0) is 16.9. The summed E-state index contributed by atoms with van der Waals surface area (Å²) in [5.74, 6) is -0.276. The number of hydrogen-bond donors (Lipinski definition) is 1. The van der Waals surface area contributed by atoms with Crippen LogP contribution in [0, 0.1) is 0 Å². The van der Waals surface area contributed by atoms with E-state index in [4.69, 9.17) is 9.84 Å². The van der Waals surface area contributed by atoms with E-state index in [-0.39, 0.29) is 5.97 Å². The molecule has 0 aliphatic carbocycles. The van der Waals surface area contributed by atoms with Gasteiger partial charge in [-0.15, -0.1) is 0 Å². The molecule has 0 saturated heterocycles. The summed E-state index contributed by atoms with van der Waals surface area (Å²) in [7, 11) is 0. The minimum absolute atomic E-state index is 0.276. The van der Waals surface area contributed by atoms with Gasteiger partial charge in [-0.2, -0.15) is 0 Å². The summed E-state index contributed by atoms with van der Waals surface area (Å²) < 4.78 is 6.95.